The number of carbonyl (C=O) groups excluding carboxylic acids is 2. The highest BCUT2D eigenvalue weighted by Crippen LogP contribution is 2.60. The van der Waals surface area contributed by atoms with Crippen molar-refractivity contribution in [2.45, 2.75) is 57.0 Å². The second-order valence-corrected chi connectivity index (χ2v) is 12.6. The van der Waals surface area contributed by atoms with Crippen LogP contribution in [0.5, 0.6) is 0 Å². The van der Waals surface area contributed by atoms with Crippen molar-refractivity contribution in [2.75, 3.05) is 20.3 Å². The van der Waals surface area contributed by atoms with Crippen LogP contribution < -0.4 is 16.4 Å². The first-order valence-corrected chi connectivity index (χ1v) is 14.9. The summed E-state index contributed by atoms with van der Waals surface area (Å²) in [6.07, 6.45) is 3.59. The smallest absolute Gasteiger partial charge is 0.270 e. The van der Waals surface area contributed by atoms with E-state index in [-0.39, 0.29) is 35.8 Å². The second-order valence-electron chi connectivity index (χ2n) is 12.2. The average Bonchev–Trinajstić information content (AvgIpc) is 3.36. The Morgan fingerprint density at radius 3 is 2.58 bits per heavy atom. The number of imidazole rings is 1. The normalized spacial score (nSPS) is 17.6. The molecule has 0 saturated heterocycles. The van der Waals surface area contributed by atoms with Crippen LogP contribution in [-0.2, 0) is 22.0 Å². The number of aryl methyl sites for hydroxylation is 1. The molecule has 0 bridgehead atoms. The summed E-state index contributed by atoms with van der Waals surface area (Å²) in [4.78, 5) is 35.5. The van der Waals surface area contributed by atoms with Gasteiger partial charge in [0.15, 0.2) is 0 Å². The number of methoxy groups -OCH3 is 1. The van der Waals surface area contributed by atoms with Crippen molar-refractivity contribution in [1.29, 1.82) is 0 Å². The van der Waals surface area contributed by atoms with Gasteiger partial charge in [-0.25, -0.2) is 4.98 Å². The van der Waals surface area contributed by atoms with Crippen LogP contribution in [0.15, 0.2) is 54.7 Å². The molecule has 2 aromatic heterocycles. The van der Waals surface area contributed by atoms with Crippen LogP contribution in [0.25, 0.3) is 11.0 Å². The summed E-state index contributed by atoms with van der Waals surface area (Å²) in [6, 6.07) is 14.5. The molecule has 1 aliphatic carbocycles. The van der Waals surface area contributed by atoms with Crippen LogP contribution >= 0.6 is 11.6 Å². The number of halogens is 1. The first-order chi connectivity index (χ1) is 20.5. The van der Waals surface area contributed by atoms with Crippen LogP contribution in [-0.4, -0.2) is 57.9 Å². The number of nitrogens with two attached hydrogens (primary N) is 1. The Bertz CT molecular complexity index is 1630. The number of rotatable bonds is 12. The van der Waals surface area contributed by atoms with E-state index >= 15 is 0 Å². The molecular weight excluding hydrogens is 566 g/mol. The molecule has 0 radical (unpaired) electrons. The molecular formula is C32H40ClN7O3. The van der Waals surface area contributed by atoms with E-state index in [9.17, 15) is 9.59 Å². The second kappa shape index (κ2) is 12.1. The number of nitrogens with one attached hydrogen (secondary N) is 3. The predicted molar refractivity (Wildman–Crippen MR) is 167 cm³/mol. The molecule has 0 aliphatic heterocycles. The SMILES string of the molecule is COCC(C)(C(=O)N[C@H](C)CN)c1ccc2[nH]c([C@@H](NC(=O)c3ccnn3C)[C@H](c3ccccc3Cl)C3(C)CC3)nc2c1. The lowest BCUT2D eigenvalue weighted by Crippen LogP contribution is -2.50. The Kier molecular flexibility index (Phi) is 8.65. The van der Waals surface area contributed by atoms with Crippen LogP contribution in [0.1, 0.15) is 73.0 Å². The van der Waals surface area contributed by atoms with Gasteiger partial charge in [0.1, 0.15) is 11.5 Å². The molecule has 2 amide bonds. The van der Waals surface area contributed by atoms with Crippen molar-refractivity contribution >= 4 is 34.4 Å². The maximum Gasteiger partial charge on any atom is 0.270 e. The van der Waals surface area contributed by atoms with Gasteiger partial charge >= 0.3 is 0 Å². The van der Waals surface area contributed by atoms with Gasteiger partial charge in [-0.15, -0.1) is 0 Å². The molecule has 1 unspecified atom stereocenters. The van der Waals surface area contributed by atoms with E-state index in [0.29, 0.717) is 28.6 Å². The number of aromatic amines is 1. The highest BCUT2D eigenvalue weighted by molar-refractivity contribution is 6.31. The molecule has 0 spiro atoms. The predicted octanol–water partition coefficient (Wildman–Crippen LogP) is 4.37. The third-order valence-electron chi connectivity index (χ3n) is 8.80. The van der Waals surface area contributed by atoms with E-state index in [0.717, 1.165) is 29.5 Å². The van der Waals surface area contributed by atoms with Crippen LogP contribution in [0.4, 0.5) is 0 Å². The maximum absolute atomic E-state index is 13.6. The van der Waals surface area contributed by atoms with E-state index < -0.39 is 11.5 Å². The first kappa shape index (κ1) is 30.7. The quantitative estimate of drug-likeness (QED) is 0.189. The highest BCUT2D eigenvalue weighted by atomic mass is 35.5. The van der Waals surface area contributed by atoms with Gasteiger partial charge in [0.05, 0.1) is 29.1 Å². The van der Waals surface area contributed by atoms with Crippen LogP contribution in [0.3, 0.4) is 0 Å². The Morgan fingerprint density at radius 1 is 1.21 bits per heavy atom. The van der Waals surface area contributed by atoms with Gasteiger partial charge in [0, 0.05) is 43.9 Å². The topological polar surface area (TPSA) is 140 Å². The van der Waals surface area contributed by atoms with Crippen LogP contribution in [0.2, 0.25) is 5.02 Å². The monoisotopic (exact) mass is 605 g/mol. The molecule has 43 heavy (non-hydrogen) atoms. The van der Waals surface area contributed by atoms with Gasteiger partial charge in [-0.1, -0.05) is 42.8 Å². The number of aromatic nitrogens is 4. The lowest BCUT2D eigenvalue weighted by molar-refractivity contribution is -0.128. The molecule has 4 aromatic rings. The molecule has 2 aromatic carbocycles. The Labute approximate surface area is 256 Å². The molecule has 1 saturated carbocycles. The number of amides is 2. The summed E-state index contributed by atoms with van der Waals surface area (Å²) in [5, 5.41) is 11.1. The number of hydrogen-bond donors (Lipinski definition) is 4. The summed E-state index contributed by atoms with van der Waals surface area (Å²) >= 11 is 6.79. The van der Waals surface area contributed by atoms with Crippen molar-refractivity contribution in [2.24, 2.45) is 18.2 Å². The summed E-state index contributed by atoms with van der Waals surface area (Å²) in [5.74, 6) is 0.0195. The van der Waals surface area contributed by atoms with Gasteiger partial charge < -0.3 is 26.1 Å². The molecule has 228 valence electrons. The minimum atomic E-state index is -0.972. The van der Waals surface area contributed by atoms with Gasteiger partial charge in [0.2, 0.25) is 5.91 Å². The number of hydrogen-bond acceptors (Lipinski definition) is 6. The van der Waals surface area contributed by atoms with Gasteiger partial charge in [-0.05, 0) is 67.5 Å². The minimum Gasteiger partial charge on any atom is -0.383 e. The molecule has 2 heterocycles. The fourth-order valence-electron chi connectivity index (χ4n) is 5.84. The molecule has 5 N–H and O–H groups in total. The Hall–Kier alpha value is -3.73. The zero-order valence-corrected chi connectivity index (χ0v) is 26.0. The van der Waals surface area contributed by atoms with Gasteiger partial charge in [0.25, 0.3) is 5.91 Å². The summed E-state index contributed by atoms with van der Waals surface area (Å²) in [5.41, 5.74) is 8.32. The van der Waals surface area contributed by atoms with Crippen LogP contribution in [0, 0.1) is 5.41 Å². The molecule has 1 aliphatic rings. The largest absolute Gasteiger partial charge is 0.383 e. The van der Waals surface area contributed by atoms with E-state index in [4.69, 9.17) is 27.1 Å². The Balaban J connectivity index is 1.60. The van der Waals surface area contributed by atoms with Gasteiger partial charge in [-0.2, -0.15) is 5.10 Å². The number of fused-ring (bicyclic) bond motifs is 1. The van der Waals surface area contributed by atoms with Crippen molar-refractivity contribution in [3.63, 3.8) is 0 Å². The zero-order valence-electron chi connectivity index (χ0n) is 25.3. The van der Waals surface area contributed by atoms with E-state index in [2.05, 4.69) is 27.6 Å². The molecule has 10 nitrogen and oxygen atoms in total. The number of nitrogens with zero attached hydrogens (tertiary/aromatic N) is 3. The summed E-state index contributed by atoms with van der Waals surface area (Å²) in [6.45, 7) is 6.44. The van der Waals surface area contributed by atoms with E-state index in [1.165, 1.54) is 0 Å². The molecule has 11 heteroatoms. The zero-order chi connectivity index (χ0) is 30.9. The maximum atomic E-state index is 13.6. The molecule has 5 rings (SSSR count). The summed E-state index contributed by atoms with van der Waals surface area (Å²) < 4.78 is 7.04. The van der Waals surface area contributed by atoms with Crippen molar-refractivity contribution in [3.8, 4) is 0 Å². The number of carbonyl (C=O) groups is 2. The van der Waals surface area contributed by atoms with Crippen molar-refractivity contribution in [1.82, 2.24) is 30.4 Å². The minimum absolute atomic E-state index is 0.0889. The molecule has 4 atom stereocenters. The average molecular weight is 606 g/mol. The van der Waals surface area contributed by atoms with Crippen molar-refractivity contribution in [3.05, 3.63) is 82.4 Å². The number of benzene rings is 2. The van der Waals surface area contributed by atoms with Gasteiger partial charge in [-0.3, -0.25) is 14.3 Å². The van der Waals surface area contributed by atoms with Crippen molar-refractivity contribution < 1.29 is 14.3 Å². The lowest BCUT2D eigenvalue weighted by Gasteiger charge is -2.32. The third kappa shape index (κ3) is 6.04. The number of H-pyrrole nitrogens is 1. The third-order valence-corrected chi connectivity index (χ3v) is 9.15. The standard InChI is InChI=1S/C32H40ClN7O3/c1-19(17-34)36-30(42)32(3,18-43-5)20-10-11-23-24(16-20)38-28(37-23)27(39-29(41)25-12-15-35-40(25)4)26(31(2)13-14-31)21-8-6-7-9-22(21)33/h6-12,15-16,19,26-27H,13-14,17-18,34H2,1-5H3,(H,36,42)(H,37,38)(H,39,41)/t19-,26+,27+,32?/m1/s1. The Morgan fingerprint density at radius 2 is 1.95 bits per heavy atom. The fourth-order valence-corrected chi connectivity index (χ4v) is 6.09. The van der Waals surface area contributed by atoms with E-state index in [1.807, 2.05) is 56.3 Å². The van der Waals surface area contributed by atoms with E-state index in [1.54, 1.807) is 31.1 Å². The highest BCUT2D eigenvalue weighted by Gasteiger charge is 2.51. The fraction of sp³-hybridized carbons (Fsp3) is 0.438. The first-order valence-electron chi connectivity index (χ1n) is 14.5. The lowest BCUT2D eigenvalue weighted by atomic mass is 9.78. The molecule has 1 fully saturated rings. The summed E-state index contributed by atoms with van der Waals surface area (Å²) in [7, 11) is 3.31. The number of ether oxygens (including phenoxy) is 1.